The summed E-state index contributed by atoms with van der Waals surface area (Å²) in [5, 5.41) is 0. The number of hydrogen-bond acceptors (Lipinski definition) is 5. The lowest BCUT2D eigenvalue weighted by Crippen LogP contribution is -2.66. The van der Waals surface area contributed by atoms with Gasteiger partial charge in [0.25, 0.3) is 0 Å². The zero-order valence-electron chi connectivity index (χ0n) is 13.9. The first-order valence-electron chi connectivity index (χ1n) is 8.50. The van der Waals surface area contributed by atoms with Gasteiger partial charge in [-0.3, -0.25) is 4.90 Å². The van der Waals surface area contributed by atoms with E-state index >= 15 is 0 Å². The molecule has 0 unspecified atom stereocenters. The third-order valence-corrected chi connectivity index (χ3v) is 4.97. The summed E-state index contributed by atoms with van der Waals surface area (Å²) in [5.74, 6) is -1.12. The van der Waals surface area contributed by atoms with E-state index < -0.39 is 5.97 Å². The minimum absolute atomic E-state index is 0.0843. The summed E-state index contributed by atoms with van der Waals surface area (Å²) in [5.41, 5.74) is 0.883. The largest absolute Gasteiger partial charge is 0.445 e. The first kappa shape index (κ1) is 15.9. The van der Waals surface area contributed by atoms with Crippen molar-refractivity contribution in [3.05, 3.63) is 35.9 Å². The second-order valence-electron chi connectivity index (χ2n) is 7.17. The first-order chi connectivity index (χ1) is 11.6. The Morgan fingerprint density at radius 3 is 2.54 bits per heavy atom. The van der Waals surface area contributed by atoms with Gasteiger partial charge in [-0.05, 0) is 18.4 Å². The zero-order chi connectivity index (χ0) is 16.6. The van der Waals surface area contributed by atoms with Gasteiger partial charge in [-0.25, -0.2) is 4.79 Å². The summed E-state index contributed by atoms with van der Waals surface area (Å²) in [4.78, 5) is 14.2. The molecule has 6 heteroatoms. The second kappa shape index (κ2) is 6.02. The summed E-state index contributed by atoms with van der Waals surface area (Å²) in [6.45, 7) is 4.75. The Morgan fingerprint density at radius 1 is 1.21 bits per heavy atom. The molecule has 2 bridgehead atoms. The molecular formula is C18H23NO5. The highest BCUT2D eigenvalue weighted by molar-refractivity contribution is 5.68. The van der Waals surface area contributed by atoms with Crippen molar-refractivity contribution >= 4 is 6.09 Å². The molecule has 0 aromatic heterocycles. The maximum Gasteiger partial charge on any atom is 0.410 e. The van der Waals surface area contributed by atoms with Gasteiger partial charge in [0, 0.05) is 12.0 Å². The summed E-state index contributed by atoms with van der Waals surface area (Å²) in [6, 6.07) is 9.41. The van der Waals surface area contributed by atoms with Crippen LogP contribution in [-0.4, -0.2) is 49.4 Å². The molecule has 4 heterocycles. The van der Waals surface area contributed by atoms with E-state index in [9.17, 15) is 4.79 Å². The number of amides is 1. The number of benzene rings is 1. The van der Waals surface area contributed by atoms with Crippen molar-refractivity contribution in [3.63, 3.8) is 0 Å². The van der Waals surface area contributed by atoms with Gasteiger partial charge in [0.2, 0.25) is 0 Å². The Balaban J connectivity index is 1.42. The van der Waals surface area contributed by atoms with Crippen LogP contribution in [0.2, 0.25) is 0 Å². The molecule has 0 N–H and O–H groups in total. The van der Waals surface area contributed by atoms with Crippen LogP contribution in [-0.2, 0) is 25.6 Å². The SMILES string of the molecule is CC12COC([C@H]3CCCN3C(=O)OCc3ccccc3)(OC1)OC2. The van der Waals surface area contributed by atoms with Crippen LogP contribution in [0.25, 0.3) is 0 Å². The monoisotopic (exact) mass is 333 g/mol. The van der Waals surface area contributed by atoms with Crippen molar-refractivity contribution in [3.8, 4) is 0 Å². The standard InChI is InChI=1S/C18H23NO5/c1-17-11-22-18(23-12-17,24-13-17)15-8-5-9-19(15)16(20)21-10-14-6-3-2-4-7-14/h2-4,6-7,15H,5,8-13H2,1H3/t15-,17?,18?/m1/s1. The van der Waals surface area contributed by atoms with Crippen molar-refractivity contribution in [1.29, 1.82) is 0 Å². The highest BCUT2D eigenvalue weighted by Gasteiger charge is 2.58. The average molecular weight is 333 g/mol. The molecule has 4 aliphatic rings. The number of ether oxygens (including phenoxy) is 4. The molecule has 1 atom stereocenters. The van der Waals surface area contributed by atoms with Crippen LogP contribution in [0.1, 0.15) is 25.3 Å². The quantitative estimate of drug-likeness (QED) is 0.851. The van der Waals surface area contributed by atoms with Gasteiger partial charge in [-0.15, -0.1) is 0 Å². The van der Waals surface area contributed by atoms with Crippen molar-refractivity contribution in [1.82, 2.24) is 4.90 Å². The Labute approximate surface area is 141 Å². The molecule has 4 aliphatic heterocycles. The third-order valence-electron chi connectivity index (χ3n) is 4.97. The summed E-state index contributed by atoms with van der Waals surface area (Å²) >= 11 is 0. The molecule has 0 radical (unpaired) electrons. The number of rotatable bonds is 3. The predicted octanol–water partition coefficient (Wildman–Crippen LogP) is 2.52. The molecule has 1 aromatic rings. The van der Waals surface area contributed by atoms with Crippen LogP contribution in [0.3, 0.4) is 0 Å². The number of likely N-dealkylation sites (tertiary alicyclic amines) is 1. The smallest absolute Gasteiger partial charge is 0.410 e. The molecule has 0 aliphatic carbocycles. The van der Waals surface area contributed by atoms with Crippen molar-refractivity contribution in [2.75, 3.05) is 26.4 Å². The van der Waals surface area contributed by atoms with E-state index in [0.717, 1.165) is 18.4 Å². The molecular weight excluding hydrogens is 310 g/mol. The lowest BCUT2D eigenvalue weighted by molar-refractivity contribution is -0.478. The van der Waals surface area contributed by atoms with Gasteiger partial charge < -0.3 is 18.9 Å². The fraction of sp³-hybridized carbons (Fsp3) is 0.611. The second-order valence-corrected chi connectivity index (χ2v) is 7.17. The van der Waals surface area contributed by atoms with Crippen LogP contribution in [0.15, 0.2) is 30.3 Å². The van der Waals surface area contributed by atoms with E-state index in [1.54, 1.807) is 4.90 Å². The Hall–Kier alpha value is -1.63. The van der Waals surface area contributed by atoms with Crippen LogP contribution < -0.4 is 0 Å². The minimum Gasteiger partial charge on any atom is -0.445 e. The van der Waals surface area contributed by atoms with E-state index in [1.807, 2.05) is 30.3 Å². The molecule has 130 valence electrons. The van der Waals surface area contributed by atoms with Gasteiger partial charge in [-0.1, -0.05) is 37.3 Å². The molecule has 24 heavy (non-hydrogen) atoms. The van der Waals surface area contributed by atoms with Gasteiger partial charge in [0.1, 0.15) is 12.6 Å². The molecule has 5 rings (SSSR count). The number of fused-ring (bicyclic) bond motifs is 3. The van der Waals surface area contributed by atoms with E-state index in [0.29, 0.717) is 26.4 Å². The van der Waals surface area contributed by atoms with Crippen molar-refractivity contribution in [2.24, 2.45) is 5.41 Å². The fourth-order valence-electron chi connectivity index (χ4n) is 3.52. The summed E-state index contributed by atoms with van der Waals surface area (Å²) < 4.78 is 23.2. The summed E-state index contributed by atoms with van der Waals surface area (Å²) in [6.07, 6.45) is 1.34. The minimum atomic E-state index is -1.12. The topological polar surface area (TPSA) is 57.2 Å². The summed E-state index contributed by atoms with van der Waals surface area (Å²) in [7, 11) is 0. The van der Waals surface area contributed by atoms with Gasteiger partial charge in [0.15, 0.2) is 0 Å². The maximum atomic E-state index is 12.5. The fourth-order valence-corrected chi connectivity index (χ4v) is 3.52. The first-order valence-corrected chi connectivity index (χ1v) is 8.50. The Bertz CT molecular complexity index is 580. The third kappa shape index (κ3) is 2.79. The number of carbonyl (C=O) groups is 1. The number of hydrogen-bond donors (Lipinski definition) is 0. The lowest BCUT2D eigenvalue weighted by Gasteiger charge is -2.53. The maximum absolute atomic E-state index is 12.5. The Kier molecular flexibility index (Phi) is 3.98. The number of nitrogens with zero attached hydrogens (tertiary/aromatic N) is 1. The van der Waals surface area contributed by atoms with E-state index in [4.69, 9.17) is 18.9 Å². The highest BCUT2D eigenvalue weighted by atomic mass is 16.9. The van der Waals surface area contributed by atoms with Crippen LogP contribution in [0.5, 0.6) is 0 Å². The van der Waals surface area contributed by atoms with Gasteiger partial charge in [0.05, 0.1) is 19.8 Å². The van der Waals surface area contributed by atoms with Crippen molar-refractivity contribution in [2.45, 2.75) is 38.4 Å². The van der Waals surface area contributed by atoms with Crippen molar-refractivity contribution < 1.29 is 23.7 Å². The number of carbonyl (C=O) groups excluding carboxylic acids is 1. The average Bonchev–Trinajstić information content (AvgIpc) is 3.12. The van der Waals surface area contributed by atoms with Crippen LogP contribution in [0, 0.1) is 5.41 Å². The van der Waals surface area contributed by atoms with Gasteiger partial charge in [-0.2, -0.15) is 0 Å². The zero-order valence-corrected chi connectivity index (χ0v) is 13.9. The van der Waals surface area contributed by atoms with E-state index in [1.165, 1.54) is 0 Å². The molecule has 4 saturated heterocycles. The molecule has 4 fully saturated rings. The Morgan fingerprint density at radius 2 is 1.88 bits per heavy atom. The van der Waals surface area contributed by atoms with Gasteiger partial charge >= 0.3 is 12.1 Å². The normalized spacial score (nSPS) is 35.2. The van der Waals surface area contributed by atoms with Crippen LogP contribution >= 0.6 is 0 Å². The van der Waals surface area contributed by atoms with E-state index in [-0.39, 0.29) is 24.2 Å². The molecule has 0 saturated carbocycles. The predicted molar refractivity (Wildman–Crippen MR) is 85.0 cm³/mol. The molecule has 0 spiro atoms. The lowest BCUT2D eigenvalue weighted by atomic mass is 9.91. The van der Waals surface area contributed by atoms with E-state index in [2.05, 4.69) is 6.92 Å². The highest BCUT2D eigenvalue weighted by Crippen LogP contribution is 2.43. The molecule has 1 aromatic carbocycles. The molecule has 1 amide bonds. The molecule has 6 nitrogen and oxygen atoms in total. The van der Waals surface area contributed by atoms with Crippen LogP contribution in [0.4, 0.5) is 4.79 Å².